The molecule has 144 valence electrons. The van der Waals surface area contributed by atoms with Crippen LogP contribution in [0.2, 0.25) is 5.02 Å². The van der Waals surface area contributed by atoms with E-state index in [0.717, 1.165) is 12.0 Å². The van der Waals surface area contributed by atoms with Crippen molar-refractivity contribution in [2.75, 3.05) is 6.61 Å². The molecule has 2 aromatic carbocycles. The Balaban J connectivity index is 1.79. The highest BCUT2D eigenvalue weighted by Gasteiger charge is 2.10. The maximum absolute atomic E-state index is 12.1. The molecular formula is C20H23ClN2O4. The summed E-state index contributed by atoms with van der Waals surface area (Å²) in [6.45, 7) is 5.61. The average molecular weight is 391 g/mol. The van der Waals surface area contributed by atoms with Gasteiger partial charge in [-0.2, -0.15) is 0 Å². The number of hydrogen-bond acceptors (Lipinski definition) is 4. The molecule has 0 bridgehead atoms. The van der Waals surface area contributed by atoms with Gasteiger partial charge in [0.2, 0.25) is 0 Å². The van der Waals surface area contributed by atoms with E-state index < -0.39 is 11.8 Å². The van der Waals surface area contributed by atoms with Crippen LogP contribution in [0.3, 0.4) is 0 Å². The van der Waals surface area contributed by atoms with Crippen LogP contribution in [0.15, 0.2) is 42.5 Å². The minimum Gasteiger partial charge on any atom is -0.491 e. The van der Waals surface area contributed by atoms with Gasteiger partial charge in [0, 0.05) is 10.6 Å². The molecule has 1 atom stereocenters. The molecule has 2 amide bonds. The van der Waals surface area contributed by atoms with Crippen molar-refractivity contribution in [2.24, 2.45) is 0 Å². The third-order valence-electron chi connectivity index (χ3n) is 3.84. The van der Waals surface area contributed by atoms with Crippen LogP contribution in [0.1, 0.15) is 36.2 Å². The van der Waals surface area contributed by atoms with Gasteiger partial charge in [-0.25, -0.2) is 0 Å². The summed E-state index contributed by atoms with van der Waals surface area (Å²) in [4.78, 5) is 23.9. The van der Waals surface area contributed by atoms with Crippen LogP contribution in [0.5, 0.6) is 11.5 Å². The highest BCUT2D eigenvalue weighted by molar-refractivity contribution is 6.30. The lowest BCUT2D eigenvalue weighted by molar-refractivity contribution is -0.123. The number of halogens is 1. The summed E-state index contributed by atoms with van der Waals surface area (Å²) in [5.74, 6) is 0.338. The average Bonchev–Trinajstić information content (AvgIpc) is 2.65. The molecule has 0 heterocycles. The summed E-state index contributed by atoms with van der Waals surface area (Å²) in [6.07, 6.45) is 1.000. The number of aryl methyl sites for hydroxylation is 1. The van der Waals surface area contributed by atoms with Crippen LogP contribution in [0.4, 0.5) is 0 Å². The first-order valence-electron chi connectivity index (χ1n) is 8.64. The second-order valence-electron chi connectivity index (χ2n) is 6.06. The second kappa shape index (κ2) is 9.83. The normalized spacial score (nSPS) is 11.4. The molecule has 0 aliphatic heterocycles. The van der Waals surface area contributed by atoms with Gasteiger partial charge in [0.25, 0.3) is 11.8 Å². The van der Waals surface area contributed by atoms with Gasteiger partial charge in [-0.3, -0.25) is 20.4 Å². The van der Waals surface area contributed by atoms with Crippen molar-refractivity contribution in [3.05, 3.63) is 58.6 Å². The molecule has 0 aromatic heterocycles. The molecule has 0 aliphatic carbocycles. The van der Waals surface area contributed by atoms with Crippen LogP contribution in [0, 0.1) is 6.92 Å². The molecule has 0 saturated heterocycles. The predicted molar refractivity (Wildman–Crippen MR) is 104 cm³/mol. The maximum Gasteiger partial charge on any atom is 0.276 e. The largest absolute Gasteiger partial charge is 0.491 e. The Labute approximate surface area is 163 Å². The summed E-state index contributed by atoms with van der Waals surface area (Å²) >= 11 is 5.87. The summed E-state index contributed by atoms with van der Waals surface area (Å²) in [6, 6.07) is 11.8. The van der Waals surface area contributed by atoms with Gasteiger partial charge in [-0.15, -0.1) is 0 Å². The summed E-state index contributed by atoms with van der Waals surface area (Å²) in [7, 11) is 0. The van der Waals surface area contributed by atoms with E-state index in [-0.39, 0.29) is 12.7 Å². The quantitative estimate of drug-likeness (QED) is 0.707. The van der Waals surface area contributed by atoms with E-state index in [2.05, 4.69) is 10.9 Å². The van der Waals surface area contributed by atoms with Crippen molar-refractivity contribution < 1.29 is 19.1 Å². The van der Waals surface area contributed by atoms with Crippen LogP contribution >= 0.6 is 11.6 Å². The Kier molecular flexibility index (Phi) is 7.49. The third kappa shape index (κ3) is 6.49. The van der Waals surface area contributed by atoms with Gasteiger partial charge in [0.05, 0.1) is 6.10 Å². The number of amides is 2. The molecule has 6 nitrogen and oxygen atoms in total. The van der Waals surface area contributed by atoms with Gasteiger partial charge in [-0.1, -0.05) is 18.5 Å². The van der Waals surface area contributed by atoms with Gasteiger partial charge in [0.15, 0.2) is 6.61 Å². The Hall–Kier alpha value is -2.73. The fourth-order valence-electron chi connectivity index (χ4n) is 2.15. The Morgan fingerprint density at radius 3 is 2.44 bits per heavy atom. The zero-order valence-electron chi connectivity index (χ0n) is 15.5. The number of hydrazine groups is 1. The van der Waals surface area contributed by atoms with E-state index in [1.54, 1.807) is 42.5 Å². The number of hydrogen-bond donors (Lipinski definition) is 2. The smallest absolute Gasteiger partial charge is 0.276 e. The number of benzene rings is 2. The van der Waals surface area contributed by atoms with Crippen LogP contribution in [-0.2, 0) is 4.79 Å². The highest BCUT2D eigenvalue weighted by atomic mass is 35.5. The monoisotopic (exact) mass is 390 g/mol. The first-order chi connectivity index (χ1) is 12.9. The Morgan fingerprint density at radius 2 is 1.81 bits per heavy atom. The Bertz CT molecular complexity index is 793. The molecule has 2 rings (SSSR count). The fourth-order valence-corrected chi connectivity index (χ4v) is 2.38. The first-order valence-corrected chi connectivity index (χ1v) is 9.01. The SMILES string of the molecule is CCC(C)Oc1ccc(C(=O)NNC(=O)COc2ccc(Cl)cc2C)cc1. The molecule has 27 heavy (non-hydrogen) atoms. The number of nitrogens with one attached hydrogen (secondary N) is 2. The zero-order valence-corrected chi connectivity index (χ0v) is 16.3. The highest BCUT2D eigenvalue weighted by Crippen LogP contribution is 2.21. The van der Waals surface area contributed by atoms with Gasteiger partial charge in [0.1, 0.15) is 11.5 Å². The molecule has 0 spiro atoms. The minimum atomic E-state index is -0.477. The fraction of sp³-hybridized carbons (Fsp3) is 0.300. The molecule has 7 heteroatoms. The maximum atomic E-state index is 12.1. The van der Waals surface area contributed by atoms with Crippen molar-refractivity contribution in [3.8, 4) is 11.5 Å². The van der Waals surface area contributed by atoms with Crippen molar-refractivity contribution in [1.82, 2.24) is 10.9 Å². The van der Waals surface area contributed by atoms with Crippen molar-refractivity contribution in [2.45, 2.75) is 33.3 Å². The van der Waals surface area contributed by atoms with E-state index in [4.69, 9.17) is 21.1 Å². The molecule has 2 N–H and O–H groups in total. The van der Waals surface area contributed by atoms with Crippen molar-refractivity contribution in [1.29, 1.82) is 0 Å². The topological polar surface area (TPSA) is 76.7 Å². The number of carbonyl (C=O) groups is 2. The second-order valence-corrected chi connectivity index (χ2v) is 6.50. The molecule has 2 aromatic rings. The lowest BCUT2D eigenvalue weighted by Crippen LogP contribution is -2.43. The summed E-state index contributed by atoms with van der Waals surface area (Å²) in [5.41, 5.74) is 5.89. The number of carbonyl (C=O) groups excluding carboxylic acids is 2. The zero-order chi connectivity index (χ0) is 19.8. The van der Waals surface area contributed by atoms with Crippen LogP contribution in [-0.4, -0.2) is 24.5 Å². The van der Waals surface area contributed by atoms with E-state index in [1.165, 1.54) is 0 Å². The lowest BCUT2D eigenvalue weighted by Gasteiger charge is -2.13. The van der Waals surface area contributed by atoms with Gasteiger partial charge >= 0.3 is 0 Å². The summed E-state index contributed by atoms with van der Waals surface area (Å²) in [5, 5.41) is 0.595. The third-order valence-corrected chi connectivity index (χ3v) is 4.07. The minimum absolute atomic E-state index is 0.105. The van der Waals surface area contributed by atoms with Crippen LogP contribution < -0.4 is 20.3 Å². The molecule has 0 radical (unpaired) electrons. The predicted octanol–water partition coefficient (Wildman–Crippen LogP) is 3.67. The molecule has 0 fully saturated rings. The van der Waals surface area contributed by atoms with Gasteiger partial charge < -0.3 is 9.47 Å². The molecule has 0 aliphatic rings. The van der Waals surface area contributed by atoms with Gasteiger partial charge in [-0.05, 0) is 68.3 Å². The standard InChI is InChI=1S/C20H23ClN2O4/c1-4-14(3)27-17-8-5-15(6-9-17)20(25)23-22-19(24)12-26-18-10-7-16(21)11-13(18)2/h5-11,14H,4,12H2,1-3H3,(H,22,24)(H,23,25). The Morgan fingerprint density at radius 1 is 1.11 bits per heavy atom. The molecular weight excluding hydrogens is 368 g/mol. The van der Waals surface area contributed by atoms with Crippen molar-refractivity contribution in [3.63, 3.8) is 0 Å². The molecule has 1 unspecified atom stereocenters. The van der Waals surface area contributed by atoms with E-state index >= 15 is 0 Å². The summed E-state index contributed by atoms with van der Waals surface area (Å²) < 4.78 is 11.1. The van der Waals surface area contributed by atoms with E-state index in [0.29, 0.717) is 22.1 Å². The lowest BCUT2D eigenvalue weighted by atomic mass is 10.2. The number of rotatable bonds is 7. The first kappa shape index (κ1) is 20.6. The van der Waals surface area contributed by atoms with E-state index in [1.807, 2.05) is 20.8 Å². The number of ether oxygens (including phenoxy) is 2. The molecule has 0 saturated carbocycles. The van der Waals surface area contributed by atoms with Crippen LogP contribution in [0.25, 0.3) is 0 Å². The van der Waals surface area contributed by atoms with E-state index in [9.17, 15) is 9.59 Å². The van der Waals surface area contributed by atoms with Crippen molar-refractivity contribution >= 4 is 23.4 Å².